The Bertz CT molecular complexity index is 924. The van der Waals surface area contributed by atoms with E-state index < -0.39 is 0 Å². The van der Waals surface area contributed by atoms with E-state index in [1.807, 2.05) is 4.90 Å². The van der Waals surface area contributed by atoms with Gasteiger partial charge in [-0.1, -0.05) is 18.2 Å². The van der Waals surface area contributed by atoms with E-state index in [-0.39, 0.29) is 11.8 Å². The van der Waals surface area contributed by atoms with Crippen molar-refractivity contribution in [3.63, 3.8) is 0 Å². The number of ether oxygens (including phenoxy) is 1. The third kappa shape index (κ3) is 3.80. The Balaban J connectivity index is 0.000000313. The largest absolute Gasteiger partial charge is 0.377 e. The lowest BCUT2D eigenvalue weighted by Crippen LogP contribution is -2.47. The van der Waals surface area contributed by atoms with Gasteiger partial charge in [0.1, 0.15) is 0 Å². The number of aromatic nitrogens is 1. The highest BCUT2D eigenvalue weighted by Gasteiger charge is 2.36. The molecule has 1 aromatic carbocycles. The Morgan fingerprint density at radius 3 is 2.70 bits per heavy atom. The number of carbonyl (C=O) groups is 1. The topological polar surface area (TPSA) is 74.6 Å². The maximum atomic E-state index is 12.9. The van der Waals surface area contributed by atoms with Crippen LogP contribution in [0.15, 0.2) is 30.5 Å². The van der Waals surface area contributed by atoms with Gasteiger partial charge in [0.25, 0.3) is 0 Å². The molecule has 5 rings (SSSR count). The first kappa shape index (κ1) is 21.1. The highest BCUT2D eigenvalue weighted by Crippen LogP contribution is 2.40. The van der Waals surface area contributed by atoms with Crippen LogP contribution in [0.1, 0.15) is 31.4 Å². The molecule has 1 aliphatic carbocycles. The molecule has 3 heterocycles. The number of benzene rings is 1. The predicted molar refractivity (Wildman–Crippen MR) is 121 cm³/mol. The molecule has 0 bridgehead atoms. The summed E-state index contributed by atoms with van der Waals surface area (Å²) in [6, 6.07) is 6.82. The molecule has 3 aliphatic rings. The van der Waals surface area contributed by atoms with Crippen molar-refractivity contribution in [1.29, 1.82) is 0 Å². The van der Waals surface area contributed by atoms with Gasteiger partial charge in [-0.05, 0) is 56.5 Å². The van der Waals surface area contributed by atoms with Crippen LogP contribution in [0.3, 0.4) is 0 Å². The second kappa shape index (κ2) is 8.92. The highest BCUT2D eigenvalue weighted by atomic mass is 16.5. The van der Waals surface area contributed by atoms with Crippen LogP contribution in [0.25, 0.3) is 16.5 Å². The molecular formula is C24H34N4O2. The zero-order chi connectivity index (χ0) is 21.3. The summed E-state index contributed by atoms with van der Waals surface area (Å²) in [7, 11) is 2.15. The van der Waals surface area contributed by atoms with Gasteiger partial charge in [-0.2, -0.15) is 0 Å². The van der Waals surface area contributed by atoms with E-state index in [9.17, 15) is 4.79 Å². The first-order chi connectivity index (χ1) is 14.6. The normalized spacial score (nSPS) is 24.9. The van der Waals surface area contributed by atoms with E-state index in [0.29, 0.717) is 18.7 Å². The summed E-state index contributed by atoms with van der Waals surface area (Å²) in [5, 5.41) is 1.34. The van der Waals surface area contributed by atoms with Crippen LogP contribution in [0.4, 0.5) is 0 Å². The third-order valence-corrected chi connectivity index (χ3v) is 6.72. The van der Waals surface area contributed by atoms with Crippen LogP contribution in [0.2, 0.25) is 0 Å². The minimum Gasteiger partial charge on any atom is -0.377 e. The maximum absolute atomic E-state index is 12.9. The molecule has 3 N–H and O–H groups in total. The fourth-order valence-electron chi connectivity index (χ4n) is 4.85. The van der Waals surface area contributed by atoms with E-state index in [2.05, 4.69) is 61.3 Å². The first-order valence-electron chi connectivity index (χ1n) is 11.2. The van der Waals surface area contributed by atoms with Gasteiger partial charge in [-0.3, -0.25) is 9.69 Å². The lowest BCUT2D eigenvalue weighted by molar-refractivity contribution is -0.134. The van der Waals surface area contributed by atoms with Gasteiger partial charge in [-0.15, -0.1) is 0 Å². The Morgan fingerprint density at radius 2 is 2.10 bits per heavy atom. The monoisotopic (exact) mass is 410 g/mol. The fraction of sp³-hybridized carbons (Fsp3) is 0.542. The van der Waals surface area contributed by atoms with Crippen molar-refractivity contribution in [2.45, 2.75) is 38.8 Å². The van der Waals surface area contributed by atoms with Gasteiger partial charge in [0.15, 0.2) is 0 Å². The molecule has 1 fully saturated rings. The molecule has 2 aliphatic heterocycles. The second-order valence-electron chi connectivity index (χ2n) is 8.46. The van der Waals surface area contributed by atoms with Crippen LogP contribution in [0, 0.1) is 5.92 Å². The maximum Gasteiger partial charge on any atom is 0.230 e. The van der Waals surface area contributed by atoms with E-state index in [1.165, 1.54) is 27.6 Å². The summed E-state index contributed by atoms with van der Waals surface area (Å²) < 4.78 is 4.95. The standard InChI is InChI=1S/C20H25N3O.C4H9NO/c1-4-23(5-2)20(24)14-9-16-15-7-6-8-17-19(15)13(11-21-17)10-18(16)22(3)12-14;5-3-4-1-2-6-4/h6-9,11,14,18,21H,4-5,10,12H2,1-3H3;4H,1-3,5H2/t14-,18-;4-/m10/s1. The van der Waals surface area contributed by atoms with Crippen molar-refractivity contribution in [3.8, 4) is 0 Å². The SMILES string of the molecule is CCN(CC)C(=O)[C@@H]1C=C2c3cccc4[nH]cc(c34)C[C@H]2N(C)C1.NC[C@@H]1CCO1. The fourth-order valence-corrected chi connectivity index (χ4v) is 4.85. The molecule has 0 spiro atoms. The number of aromatic amines is 1. The summed E-state index contributed by atoms with van der Waals surface area (Å²) >= 11 is 0. The number of fused-ring (bicyclic) bond motifs is 2. The van der Waals surface area contributed by atoms with Crippen molar-refractivity contribution < 1.29 is 9.53 Å². The highest BCUT2D eigenvalue weighted by molar-refractivity contribution is 5.99. The quantitative estimate of drug-likeness (QED) is 0.813. The molecule has 30 heavy (non-hydrogen) atoms. The zero-order valence-electron chi connectivity index (χ0n) is 18.4. The summed E-state index contributed by atoms with van der Waals surface area (Å²) in [5.74, 6) is 0.210. The molecule has 0 saturated carbocycles. The van der Waals surface area contributed by atoms with Gasteiger partial charge < -0.3 is 20.4 Å². The first-order valence-corrected chi connectivity index (χ1v) is 11.2. The molecule has 162 valence electrons. The van der Waals surface area contributed by atoms with Crippen LogP contribution in [-0.2, 0) is 16.0 Å². The molecule has 0 unspecified atom stereocenters. The van der Waals surface area contributed by atoms with Crippen LogP contribution in [0.5, 0.6) is 0 Å². The summed E-state index contributed by atoms with van der Waals surface area (Å²) in [6.45, 7) is 8.08. The summed E-state index contributed by atoms with van der Waals surface area (Å²) in [6.07, 6.45) is 6.97. The Hall–Kier alpha value is -2.15. The molecule has 1 saturated heterocycles. The van der Waals surface area contributed by atoms with Crippen LogP contribution >= 0.6 is 0 Å². The minimum atomic E-state index is -0.0445. The Labute approximate surface area is 179 Å². The number of carbonyl (C=O) groups excluding carboxylic acids is 1. The molecule has 3 atom stereocenters. The number of nitrogens with two attached hydrogens (primary N) is 1. The van der Waals surface area contributed by atoms with Crippen molar-refractivity contribution >= 4 is 22.4 Å². The average Bonchev–Trinajstić information content (AvgIpc) is 3.13. The molecule has 6 nitrogen and oxygen atoms in total. The molecular weight excluding hydrogens is 376 g/mol. The number of rotatable bonds is 4. The average molecular weight is 411 g/mol. The van der Waals surface area contributed by atoms with Crippen LogP contribution < -0.4 is 5.73 Å². The number of H-pyrrole nitrogens is 1. The number of likely N-dealkylation sites (N-methyl/N-ethyl adjacent to an activating group) is 1. The number of nitrogens with one attached hydrogen (secondary N) is 1. The molecule has 0 radical (unpaired) electrons. The Kier molecular flexibility index (Phi) is 6.27. The zero-order valence-corrected chi connectivity index (χ0v) is 18.4. The lowest BCUT2D eigenvalue weighted by atomic mass is 9.79. The molecule has 2 aromatic rings. The number of hydrogen-bond acceptors (Lipinski definition) is 4. The van der Waals surface area contributed by atoms with Crippen molar-refractivity contribution in [2.75, 3.05) is 39.8 Å². The summed E-state index contributed by atoms with van der Waals surface area (Å²) in [5.41, 5.74) is 10.4. The third-order valence-electron chi connectivity index (χ3n) is 6.72. The van der Waals surface area contributed by atoms with Gasteiger partial charge in [0.2, 0.25) is 5.91 Å². The van der Waals surface area contributed by atoms with E-state index >= 15 is 0 Å². The van der Waals surface area contributed by atoms with E-state index in [1.54, 1.807) is 0 Å². The lowest BCUT2D eigenvalue weighted by Gasteiger charge is -2.40. The number of nitrogens with zero attached hydrogens (tertiary/aromatic N) is 2. The van der Waals surface area contributed by atoms with E-state index in [4.69, 9.17) is 10.5 Å². The van der Waals surface area contributed by atoms with Crippen molar-refractivity contribution in [3.05, 3.63) is 41.6 Å². The predicted octanol–water partition coefficient (Wildman–Crippen LogP) is 2.64. The smallest absolute Gasteiger partial charge is 0.230 e. The van der Waals surface area contributed by atoms with Crippen molar-refractivity contribution in [2.24, 2.45) is 11.7 Å². The van der Waals surface area contributed by atoms with Gasteiger partial charge in [0, 0.05) is 55.9 Å². The van der Waals surface area contributed by atoms with Crippen LogP contribution in [-0.4, -0.2) is 72.7 Å². The molecule has 1 amide bonds. The number of hydrogen-bond donors (Lipinski definition) is 2. The Morgan fingerprint density at radius 1 is 1.33 bits per heavy atom. The molecule has 6 heteroatoms. The minimum absolute atomic E-state index is 0.0445. The van der Waals surface area contributed by atoms with Gasteiger partial charge >= 0.3 is 0 Å². The number of amides is 1. The van der Waals surface area contributed by atoms with E-state index in [0.717, 1.165) is 39.1 Å². The molecule has 1 aromatic heterocycles. The summed E-state index contributed by atoms with van der Waals surface area (Å²) in [4.78, 5) is 20.6. The second-order valence-corrected chi connectivity index (χ2v) is 8.46. The van der Waals surface area contributed by atoms with Gasteiger partial charge in [0.05, 0.1) is 12.0 Å². The van der Waals surface area contributed by atoms with Crippen molar-refractivity contribution in [1.82, 2.24) is 14.8 Å². The van der Waals surface area contributed by atoms with Gasteiger partial charge in [-0.25, -0.2) is 0 Å².